The number of hydrogen-bond acceptors (Lipinski definition) is 5. The van der Waals surface area contributed by atoms with Crippen LogP contribution in [0.4, 0.5) is 5.69 Å². The van der Waals surface area contributed by atoms with Crippen LogP contribution in [0.15, 0.2) is 42.7 Å². The molecule has 7 nitrogen and oxygen atoms in total. The van der Waals surface area contributed by atoms with Crippen molar-refractivity contribution in [2.75, 3.05) is 13.2 Å². The molecular formula is C18H18ClN3O4. The smallest absolute Gasteiger partial charge is 0.270 e. The summed E-state index contributed by atoms with van der Waals surface area (Å²) in [5, 5.41) is 11.2. The lowest BCUT2D eigenvalue weighted by atomic mass is 10.1. The second-order valence-electron chi connectivity index (χ2n) is 6.10. The average Bonchev–Trinajstić information content (AvgIpc) is 3.15. The van der Waals surface area contributed by atoms with Crippen LogP contribution < -0.4 is 0 Å². The van der Waals surface area contributed by atoms with Gasteiger partial charge in [-0.3, -0.25) is 19.9 Å². The average molecular weight is 376 g/mol. The summed E-state index contributed by atoms with van der Waals surface area (Å²) in [6.07, 6.45) is 5.13. The Morgan fingerprint density at radius 1 is 1.42 bits per heavy atom. The number of carbonyl (C=O) groups is 1. The van der Waals surface area contributed by atoms with E-state index in [1.807, 2.05) is 6.07 Å². The van der Waals surface area contributed by atoms with E-state index in [1.54, 1.807) is 23.4 Å². The number of carbonyl (C=O) groups excluding carboxylic acids is 1. The fourth-order valence-corrected chi connectivity index (χ4v) is 3.12. The minimum Gasteiger partial charge on any atom is -0.376 e. The minimum atomic E-state index is -0.543. The van der Waals surface area contributed by atoms with Gasteiger partial charge in [0.05, 0.1) is 21.6 Å². The van der Waals surface area contributed by atoms with Crippen LogP contribution in [-0.2, 0) is 11.3 Å². The van der Waals surface area contributed by atoms with Gasteiger partial charge in [-0.1, -0.05) is 17.7 Å². The molecule has 1 aromatic carbocycles. The highest BCUT2D eigenvalue weighted by Crippen LogP contribution is 2.25. The first-order valence-corrected chi connectivity index (χ1v) is 8.66. The Morgan fingerprint density at radius 3 is 2.92 bits per heavy atom. The van der Waals surface area contributed by atoms with Crippen LogP contribution >= 0.6 is 11.6 Å². The predicted molar refractivity (Wildman–Crippen MR) is 96.1 cm³/mol. The third-order valence-corrected chi connectivity index (χ3v) is 4.55. The molecule has 1 fully saturated rings. The maximum absolute atomic E-state index is 13.1. The number of nitro benzene ring substituents is 1. The van der Waals surface area contributed by atoms with Gasteiger partial charge in [0.1, 0.15) is 0 Å². The van der Waals surface area contributed by atoms with E-state index in [2.05, 4.69) is 4.98 Å². The third kappa shape index (κ3) is 4.36. The Labute approximate surface area is 155 Å². The van der Waals surface area contributed by atoms with Crippen LogP contribution in [0.1, 0.15) is 28.8 Å². The number of nitrogens with zero attached hydrogens (tertiary/aromatic N) is 3. The number of amides is 1. The number of nitro groups is 1. The largest absolute Gasteiger partial charge is 0.376 e. The summed E-state index contributed by atoms with van der Waals surface area (Å²) >= 11 is 6.15. The van der Waals surface area contributed by atoms with Gasteiger partial charge >= 0.3 is 0 Å². The van der Waals surface area contributed by atoms with Crippen LogP contribution in [0.3, 0.4) is 0 Å². The van der Waals surface area contributed by atoms with Gasteiger partial charge in [-0.25, -0.2) is 0 Å². The maximum atomic E-state index is 13.1. The second kappa shape index (κ2) is 8.25. The van der Waals surface area contributed by atoms with Crippen molar-refractivity contribution in [1.82, 2.24) is 9.88 Å². The Bertz CT molecular complexity index is 794. The molecule has 0 aliphatic carbocycles. The first kappa shape index (κ1) is 18.3. The van der Waals surface area contributed by atoms with Gasteiger partial charge in [0.2, 0.25) is 0 Å². The normalized spacial score (nSPS) is 16.4. The van der Waals surface area contributed by atoms with Crippen molar-refractivity contribution in [2.45, 2.75) is 25.5 Å². The summed E-state index contributed by atoms with van der Waals surface area (Å²) in [5.41, 5.74) is 0.805. The van der Waals surface area contributed by atoms with Gasteiger partial charge in [0.25, 0.3) is 11.6 Å². The first-order valence-electron chi connectivity index (χ1n) is 8.28. The summed E-state index contributed by atoms with van der Waals surface area (Å²) in [6, 6.07) is 7.55. The van der Waals surface area contributed by atoms with Gasteiger partial charge < -0.3 is 9.64 Å². The summed E-state index contributed by atoms with van der Waals surface area (Å²) in [7, 11) is 0. The lowest BCUT2D eigenvalue weighted by molar-refractivity contribution is -0.384. The van der Waals surface area contributed by atoms with E-state index >= 15 is 0 Å². The third-order valence-electron chi connectivity index (χ3n) is 4.22. The Balaban J connectivity index is 1.88. The van der Waals surface area contributed by atoms with E-state index in [9.17, 15) is 14.9 Å². The summed E-state index contributed by atoms with van der Waals surface area (Å²) in [4.78, 5) is 29.2. The molecular weight excluding hydrogens is 358 g/mol. The molecule has 1 atom stereocenters. The molecule has 3 rings (SSSR count). The highest BCUT2D eigenvalue weighted by Gasteiger charge is 2.26. The molecule has 1 aliphatic heterocycles. The van der Waals surface area contributed by atoms with Crippen molar-refractivity contribution in [2.24, 2.45) is 0 Å². The molecule has 2 aromatic rings. The topological polar surface area (TPSA) is 85.6 Å². The van der Waals surface area contributed by atoms with E-state index in [0.29, 0.717) is 19.7 Å². The molecule has 0 N–H and O–H groups in total. The Hall–Kier alpha value is -2.51. The zero-order valence-electron chi connectivity index (χ0n) is 14.0. The highest BCUT2D eigenvalue weighted by molar-refractivity contribution is 6.33. The van der Waals surface area contributed by atoms with Crippen LogP contribution in [-0.4, -0.2) is 40.0 Å². The Kier molecular flexibility index (Phi) is 5.80. The molecule has 1 saturated heterocycles. The van der Waals surface area contributed by atoms with Gasteiger partial charge in [0, 0.05) is 44.2 Å². The zero-order valence-corrected chi connectivity index (χ0v) is 14.8. The maximum Gasteiger partial charge on any atom is 0.270 e. The number of halogens is 1. The predicted octanol–water partition coefficient (Wildman–Crippen LogP) is 3.46. The lowest BCUT2D eigenvalue weighted by Gasteiger charge is -2.26. The summed E-state index contributed by atoms with van der Waals surface area (Å²) in [5.74, 6) is -0.363. The number of ether oxygens (including phenoxy) is 1. The summed E-state index contributed by atoms with van der Waals surface area (Å²) < 4.78 is 5.65. The highest BCUT2D eigenvalue weighted by atomic mass is 35.5. The van der Waals surface area contributed by atoms with Crippen LogP contribution in [0.2, 0.25) is 5.02 Å². The number of pyridine rings is 1. The van der Waals surface area contributed by atoms with E-state index in [1.165, 1.54) is 18.2 Å². The van der Waals surface area contributed by atoms with E-state index in [4.69, 9.17) is 16.3 Å². The molecule has 2 heterocycles. The second-order valence-corrected chi connectivity index (χ2v) is 6.51. The fraction of sp³-hybridized carbons (Fsp3) is 0.333. The lowest BCUT2D eigenvalue weighted by Crippen LogP contribution is -2.37. The number of rotatable bonds is 6. The molecule has 0 bridgehead atoms. The molecule has 1 aromatic heterocycles. The van der Waals surface area contributed by atoms with Crippen molar-refractivity contribution in [1.29, 1.82) is 0 Å². The van der Waals surface area contributed by atoms with E-state index in [-0.39, 0.29) is 28.3 Å². The summed E-state index contributed by atoms with van der Waals surface area (Å²) in [6.45, 7) is 1.40. The minimum absolute atomic E-state index is 0.0481. The molecule has 0 spiro atoms. The Morgan fingerprint density at radius 2 is 2.27 bits per heavy atom. The van der Waals surface area contributed by atoms with E-state index in [0.717, 1.165) is 18.4 Å². The zero-order chi connectivity index (χ0) is 18.5. The number of benzene rings is 1. The monoisotopic (exact) mass is 375 g/mol. The number of hydrogen-bond donors (Lipinski definition) is 0. The van der Waals surface area contributed by atoms with Crippen molar-refractivity contribution in [3.8, 4) is 0 Å². The molecule has 1 unspecified atom stereocenters. The molecule has 0 saturated carbocycles. The van der Waals surface area contributed by atoms with Crippen LogP contribution in [0, 0.1) is 10.1 Å². The van der Waals surface area contributed by atoms with E-state index < -0.39 is 4.92 Å². The quantitative estimate of drug-likeness (QED) is 0.570. The van der Waals surface area contributed by atoms with Gasteiger partial charge in [0.15, 0.2) is 0 Å². The molecule has 8 heteroatoms. The molecule has 0 radical (unpaired) electrons. The molecule has 1 amide bonds. The van der Waals surface area contributed by atoms with Gasteiger partial charge in [-0.2, -0.15) is 0 Å². The van der Waals surface area contributed by atoms with Gasteiger partial charge in [-0.15, -0.1) is 0 Å². The first-order chi connectivity index (χ1) is 12.5. The molecule has 26 heavy (non-hydrogen) atoms. The SMILES string of the molecule is O=C(c1cc([N+](=O)[O-])ccc1Cl)N(Cc1cccnc1)CC1CCCO1. The van der Waals surface area contributed by atoms with Crippen molar-refractivity contribution >= 4 is 23.2 Å². The molecule has 1 aliphatic rings. The van der Waals surface area contributed by atoms with Crippen molar-refractivity contribution < 1.29 is 14.5 Å². The number of non-ortho nitro benzene ring substituents is 1. The van der Waals surface area contributed by atoms with Crippen molar-refractivity contribution in [3.63, 3.8) is 0 Å². The van der Waals surface area contributed by atoms with Gasteiger partial charge in [-0.05, 0) is 30.5 Å². The standard InChI is InChI=1S/C18H18ClN3O4/c19-17-6-5-14(22(24)25)9-16(17)18(23)21(12-15-4-2-8-26-15)11-13-3-1-7-20-10-13/h1,3,5-7,9-10,15H,2,4,8,11-12H2. The van der Waals surface area contributed by atoms with Crippen molar-refractivity contribution in [3.05, 3.63) is 69.0 Å². The van der Waals surface area contributed by atoms with Crippen LogP contribution in [0.5, 0.6) is 0 Å². The number of aromatic nitrogens is 1. The molecule has 136 valence electrons. The van der Waals surface area contributed by atoms with Crippen LogP contribution in [0.25, 0.3) is 0 Å². The fourth-order valence-electron chi connectivity index (χ4n) is 2.93.